The van der Waals surface area contributed by atoms with E-state index in [0.29, 0.717) is 23.0 Å². The van der Waals surface area contributed by atoms with E-state index in [1.165, 1.54) is 7.11 Å². The van der Waals surface area contributed by atoms with Crippen LogP contribution < -0.4 is 16.0 Å². The van der Waals surface area contributed by atoms with Crippen LogP contribution in [0.2, 0.25) is 0 Å². The number of amides is 1. The van der Waals surface area contributed by atoms with E-state index in [-0.39, 0.29) is 12.5 Å². The van der Waals surface area contributed by atoms with E-state index < -0.39 is 5.97 Å². The summed E-state index contributed by atoms with van der Waals surface area (Å²) in [5, 5.41) is 2.90. The maximum Gasteiger partial charge on any atom is 0.340 e. The number of rotatable bonds is 5. The molecular formula is C14H19N3O3. The Balaban J connectivity index is 2.16. The van der Waals surface area contributed by atoms with E-state index in [0.717, 1.165) is 12.8 Å². The van der Waals surface area contributed by atoms with Crippen LogP contribution in [0.4, 0.5) is 11.4 Å². The molecule has 0 atom stereocenters. The van der Waals surface area contributed by atoms with Crippen LogP contribution in [0, 0.1) is 0 Å². The lowest BCUT2D eigenvalue weighted by atomic mass is 10.1. The van der Waals surface area contributed by atoms with Crippen molar-refractivity contribution in [2.75, 3.05) is 31.3 Å². The lowest BCUT2D eigenvalue weighted by molar-refractivity contribution is -0.119. The Bertz CT molecular complexity index is 526. The van der Waals surface area contributed by atoms with Gasteiger partial charge in [-0.2, -0.15) is 0 Å². The van der Waals surface area contributed by atoms with Gasteiger partial charge in [-0.15, -0.1) is 0 Å². The van der Waals surface area contributed by atoms with E-state index in [9.17, 15) is 9.59 Å². The van der Waals surface area contributed by atoms with Crippen LogP contribution in [0.25, 0.3) is 0 Å². The highest BCUT2D eigenvalue weighted by Gasteiger charge is 2.25. The van der Waals surface area contributed by atoms with Gasteiger partial charge in [0.05, 0.1) is 30.6 Å². The fourth-order valence-corrected chi connectivity index (χ4v) is 2.06. The average molecular weight is 277 g/mol. The molecule has 0 unspecified atom stereocenters. The van der Waals surface area contributed by atoms with Crippen molar-refractivity contribution >= 4 is 23.3 Å². The van der Waals surface area contributed by atoms with E-state index in [4.69, 9.17) is 10.5 Å². The van der Waals surface area contributed by atoms with Gasteiger partial charge in [-0.25, -0.2) is 4.79 Å². The number of carbonyl (C=O) groups is 2. The van der Waals surface area contributed by atoms with Crippen LogP contribution >= 0.6 is 0 Å². The topological polar surface area (TPSA) is 84.7 Å². The lowest BCUT2D eigenvalue weighted by Gasteiger charge is -2.22. The smallest absolute Gasteiger partial charge is 0.340 e. The average Bonchev–Trinajstić information content (AvgIpc) is 3.20. The van der Waals surface area contributed by atoms with Crippen molar-refractivity contribution < 1.29 is 14.3 Å². The molecule has 0 aromatic heterocycles. The van der Waals surface area contributed by atoms with Gasteiger partial charge in [0.25, 0.3) is 0 Å². The number of ether oxygens (including phenoxy) is 1. The molecule has 0 heterocycles. The molecule has 1 aromatic carbocycles. The molecule has 0 radical (unpaired) electrons. The molecule has 6 heteroatoms. The number of nitrogens with one attached hydrogen (secondary N) is 1. The fraction of sp³-hybridized carbons (Fsp3) is 0.429. The number of para-hydroxylation sites is 1. The summed E-state index contributed by atoms with van der Waals surface area (Å²) in [6.07, 6.45) is 2.08. The Hall–Kier alpha value is -2.24. The summed E-state index contributed by atoms with van der Waals surface area (Å²) in [7, 11) is 3.04. The summed E-state index contributed by atoms with van der Waals surface area (Å²) in [4.78, 5) is 25.3. The van der Waals surface area contributed by atoms with Gasteiger partial charge in [-0.3, -0.25) is 4.79 Å². The molecule has 1 fully saturated rings. The minimum absolute atomic E-state index is 0.0749. The minimum Gasteiger partial charge on any atom is -0.465 e. The number of nitrogen functional groups attached to an aromatic ring is 1. The first-order valence-electron chi connectivity index (χ1n) is 6.50. The van der Waals surface area contributed by atoms with Gasteiger partial charge in [-0.1, -0.05) is 6.07 Å². The Kier molecular flexibility index (Phi) is 4.12. The van der Waals surface area contributed by atoms with Crippen LogP contribution in [0.3, 0.4) is 0 Å². The second kappa shape index (κ2) is 5.81. The van der Waals surface area contributed by atoms with Gasteiger partial charge in [0.1, 0.15) is 0 Å². The molecular weight excluding hydrogens is 258 g/mol. The third-order valence-electron chi connectivity index (χ3n) is 3.18. The fourth-order valence-electron chi connectivity index (χ4n) is 2.06. The Morgan fingerprint density at radius 2 is 2.15 bits per heavy atom. The molecule has 0 bridgehead atoms. The summed E-state index contributed by atoms with van der Waals surface area (Å²) in [5.74, 6) is -0.546. The largest absolute Gasteiger partial charge is 0.465 e. The van der Waals surface area contributed by atoms with Gasteiger partial charge in [0, 0.05) is 13.1 Å². The molecule has 1 aliphatic carbocycles. The molecule has 1 aliphatic rings. The van der Waals surface area contributed by atoms with Crippen molar-refractivity contribution in [1.29, 1.82) is 0 Å². The second-order valence-electron chi connectivity index (χ2n) is 4.93. The molecule has 1 saturated carbocycles. The summed E-state index contributed by atoms with van der Waals surface area (Å²) >= 11 is 0. The number of benzene rings is 1. The maximum atomic E-state index is 11.8. The molecule has 0 aliphatic heterocycles. The predicted octanol–water partition coefficient (Wildman–Crippen LogP) is 0.770. The molecule has 3 N–H and O–H groups in total. The number of esters is 1. The quantitative estimate of drug-likeness (QED) is 0.613. The lowest BCUT2D eigenvalue weighted by Crippen LogP contribution is -2.37. The summed E-state index contributed by atoms with van der Waals surface area (Å²) in [6, 6.07) is 5.32. The molecule has 0 saturated heterocycles. The first-order chi connectivity index (χ1) is 9.52. The maximum absolute atomic E-state index is 11.8. The Labute approximate surface area is 117 Å². The molecule has 1 aromatic rings. The van der Waals surface area contributed by atoms with Crippen molar-refractivity contribution in [1.82, 2.24) is 5.32 Å². The second-order valence-corrected chi connectivity index (χ2v) is 4.93. The van der Waals surface area contributed by atoms with Crippen LogP contribution in [0.1, 0.15) is 23.2 Å². The van der Waals surface area contributed by atoms with E-state index in [1.807, 2.05) is 0 Å². The number of methoxy groups -OCH3 is 1. The molecule has 108 valence electrons. The van der Waals surface area contributed by atoms with E-state index in [2.05, 4.69) is 5.32 Å². The molecule has 20 heavy (non-hydrogen) atoms. The van der Waals surface area contributed by atoms with Crippen molar-refractivity contribution in [2.24, 2.45) is 0 Å². The zero-order valence-corrected chi connectivity index (χ0v) is 11.7. The monoisotopic (exact) mass is 277 g/mol. The Morgan fingerprint density at radius 1 is 1.45 bits per heavy atom. The first-order valence-corrected chi connectivity index (χ1v) is 6.50. The molecule has 0 spiro atoms. The SMILES string of the molecule is COC(=O)c1cccc(N)c1N(C)CC(=O)NC1CC1. The van der Waals surface area contributed by atoms with Gasteiger partial charge in [0.2, 0.25) is 5.91 Å². The number of anilines is 2. The number of nitrogens with two attached hydrogens (primary N) is 1. The van der Waals surface area contributed by atoms with Gasteiger partial charge < -0.3 is 20.7 Å². The third kappa shape index (κ3) is 3.20. The normalized spacial score (nSPS) is 13.7. The highest BCUT2D eigenvalue weighted by atomic mass is 16.5. The van der Waals surface area contributed by atoms with Crippen LogP contribution in [-0.2, 0) is 9.53 Å². The summed E-state index contributed by atoms with van der Waals surface area (Å²) in [5.41, 5.74) is 7.24. The Morgan fingerprint density at radius 3 is 2.75 bits per heavy atom. The molecule has 2 rings (SSSR count). The highest BCUT2D eigenvalue weighted by molar-refractivity contribution is 6.00. The van der Waals surface area contributed by atoms with Gasteiger partial charge >= 0.3 is 5.97 Å². The molecule has 1 amide bonds. The van der Waals surface area contributed by atoms with Crippen molar-refractivity contribution in [2.45, 2.75) is 18.9 Å². The predicted molar refractivity (Wildman–Crippen MR) is 76.6 cm³/mol. The van der Waals surface area contributed by atoms with Crippen LogP contribution in [0.5, 0.6) is 0 Å². The van der Waals surface area contributed by atoms with E-state index >= 15 is 0 Å². The number of hydrogen-bond donors (Lipinski definition) is 2. The van der Waals surface area contributed by atoms with E-state index in [1.54, 1.807) is 30.1 Å². The first kappa shape index (κ1) is 14.2. The minimum atomic E-state index is -0.471. The highest BCUT2D eigenvalue weighted by Crippen LogP contribution is 2.27. The van der Waals surface area contributed by atoms with Crippen molar-refractivity contribution in [3.63, 3.8) is 0 Å². The summed E-state index contributed by atoms with van der Waals surface area (Å²) < 4.78 is 4.74. The standard InChI is InChI=1S/C14H19N3O3/c1-17(8-12(18)16-9-6-7-9)13-10(14(19)20-2)4-3-5-11(13)15/h3-5,9H,6-8,15H2,1-2H3,(H,16,18). The third-order valence-corrected chi connectivity index (χ3v) is 3.18. The molecule has 6 nitrogen and oxygen atoms in total. The van der Waals surface area contributed by atoms with Crippen molar-refractivity contribution in [3.8, 4) is 0 Å². The van der Waals surface area contributed by atoms with Gasteiger partial charge in [0.15, 0.2) is 0 Å². The van der Waals surface area contributed by atoms with Crippen LogP contribution in [0.15, 0.2) is 18.2 Å². The van der Waals surface area contributed by atoms with Gasteiger partial charge in [-0.05, 0) is 25.0 Å². The van der Waals surface area contributed by atoms with Crippen molar-refractivity contribution in [3.05, 3.63) is 23.8 Å². The number of carbonyl (C=O) groups excluding carboxylic acids is 2. The zero-order chi connectivity index (χ0) is 14.7. The van der Waals surface area contributed by atoms with Crippen LogP contribution in [-0.4, -0.2) is 38.6 Å². The summed E-state index contributed by atoms with van der Waals surface area (Å²) in [6.45, 7) is 0.148. The zero-order valence-electron chi connectivity index (χ0n) is 11.7. The number of likely N-dealkylation sites (N-methyl/N-ethyl adjacent to an activating group) is 1. The number of nitrogens with zero attached hydrogens (tertiary/aromatic N) is 1. The number of hydrogen-bond acceptors (Lipinski definition) is 5.